The van der Waals surface area contributed by atoms with Crippen molar-refractivity contribution >= 4 is 5.78 Å². The van der Waals surface area contributed by atoms with Crippen LogP contribution >= 0.6 is 0 Å². The molecule has 0 amide bonds. The molecule has 1 rings (SSSR count). The standard InChI is InChI=1S/C15H22O4/c1-11(2)10-18-8-9-19-14-7-5-6-13(17-4)15(14)12(3)16/h5-7,11H,8-10H2,1-4H3. The highest BCUT2D eigenvalue weighted by Crippen LogP contribution is 2.28. The predicted octanol–water partition coefficient (Wildman–Crippen LogP) is 2.95. The van der Waals surface area contributed by atoms with Crippen LogP contribution in [0.2, 0.25) is 0 Å². The van der Waals surface area contributed by atoms with Crippen molar-refractivity contribution in [1.82, 2.24) is 0 Å². The van der Waals surface area contributed by atoms with E-state index in [0.717, 1.165) is 0 Å². The average Bonchev–Trinajstić information content (AvgIpc) is 2.37. The molecule has 4 nitrogen and oxygen atoms in total. The highest BCUT2D eigenvalue weighted by molar-refractivity contribution is 5.99. The second-order valence-electron chi connectivity index (χ2n) is 4.71. The van der Waals surface area contributed by atoms with E-state index in [4.69, 9.17) is 14.2 Å². The van der Waals surface area contributed by atoms with Crippen LogP contribution in [0.4, 0.5) is 0 Å². The van der Waals surface area contributed by atoms with Gasteiger partial charge in [-0.15, -0.1) is 0 Å². The van der Waals surface area contributed by atoms with Gasteiger partial charge >= 0.3 is 0 Å². The fraction of sp³-hybridized carbons (Fsp3) is 0.533. The van der Waals surface area contributed by atoms with Gasteiger partial charge in [-0.2, -0.15) is 0 Å². The number of carbonyl (C=O) groups excluding carboxylic acids is 1. The van der Waals surface area contributed by atoms with Crippen molar-refractivity contribution in [1.29, 1.82) is 0 Å². The smallest absolute Gasteiger partial charge is 0.167 e. The Labute approximate surface area is 114 Å². The number of Topliss-reactive ketones (excluding diaryl/α,β-unsaturated/α-hetero) is 1. The van der Waals surface area contributed by atoms with Crippen LogP contribution in [-0.2, 0) is 4.74 Å². The second-order valence-corrected chi connectivity index (χ2v) is 4.71. The van der Waals surface area contributed by atoms with E-state index in [0.29, 0.717) is 42.8 Å². The molecule has 0 N–H and O–H groups in total. The van der Waals surface area contributed by atoms with Gasteiger partial charge in [0.15, 0.2) is 5.78 Å². The van der Waals surface area contributed by atoms with E-state index in [1.165, 1.54) is 14.0 Å². The molecule has 0 saturated heterocycles. The molecular formula is C15H22O4. The number of carbonyl (C=O) groups is 1. The summed E-state index contributed by atoms with van der Waals surface area (Å²) in [6.45, 7) is 7.32. The summed E-state index contributed by atoms with van der Waals surface area (Å²) in [5, 5.41) is 0. The van der Waals surface area contributed by atoms with Gasteiger partial charge in [0.1, 0.15) is 23.7 Å². The van der Waals surface area contributed by atoms with Crippen molar-refractivity contribution in [2.75, 3.05) is 26.9 Å². The van der Waals surface area contributed by atoms with Gasteiger partial charge in [0.05, 0.1) is 13.7 Å². The Bertz CT molecular complexity index is 413. The first-order valence-electron chi connectivity index (χ1n) is 6.44. The average molecular weight is 266 g/mol. The summed E-state index contributed by atoms with van der Waals surface area (Å²) in [4.78, 5) is 11.6. The van der Waals surface area contributed by atoms with Gasteiger partial charge in [-0.25, -0.2) is 0 Å². The topological polar surface area (TPSA) is 44.8 Å². The molecule has 4 heteroatoms. The molecular weight excluding hydrogens is 244 g/mol. The van der Waals surface area contributed by atoms with Crippen LogP contribution in [0.1, 0.15) is 31.1 Å². The van der Waals surface area contributed by atoms with Crippen LogP contribution in [0.5, 0.6) is 11.5 Å². The Hall–Kier alpha value is -1.55. The Balaban J connectivity index is 2.60. The zero-order valence-corrected chi connectivity index (χ0v) is 12.1. The maximum Gasteiger partial charge on any atom is 0.167 e. The molecule has 0 spiro atoms. The number of hydrogen-bond acceptors (Lipinski definition) is 4. The summed E-state index contributed by atoms with van der Waals surface area (Å²) in [5.74, 6) is 1.51. The van der Waals surface area contributed by atoms with Crippen LogP contribution in [-0.4, -0.2) is 32.7 Å². The van der Waals surface area contributed by atoms with E-state index in [-0.39, 0.29) is 5.78 Å². The lowest BCUT2D eigenvalue weighted by molar-refractivity contribution is 0.0809. The molecule has 19 heavy (non-hydrogen) atoms. The highest BCUT2D eigenvalue weighted by Gasteiger charge is 2.14. The third-order valence-electron chi connectivity index (χ3n) is 2.50. The van der Waals surface area contributed by atoms with Crippen LogP contribution in [0.3, 0.4) is 0 Å². The molecule has 0 aliphatic rings. The number of ketones is 1. The third-order valence-corrected chi connectivity index (χ3v) is 2.50. The Kier molecular flexibility index (Phi) is 6.36. The van der Waals surface area contributed by atoms with Crippen molar-refractivity contribution in [3.63, 3.8) is 0 Å². The highest BCUT2D eigenvalue weighted by atomic mass is 16.5. The summed E-state index contributed by atoms with van der Waals surface area (Å²) in [7, 11) is 1.54. The van der Waals surface area contributed by atoms with E-state index >= 15 is 0 Å². The zero-order chi connectivity index (χ0) is 14.3. The van der Waals surface area contributed by atoms with Crippen molar-refractivity contribution < 1.29 is 19.0 Å². The summed E-state index contributed by atoms with van der Waals surface area (Å²) in [5.41, 5.74) is 0.480. The minimum absolute atomic E-state index is 0.0736. The van der Waals surface area contributed by atoms with Crippen LogP contribution in [0, 0.1) is 5.92 Å². The quantitative estimate of drug-likeness (QED) is 0.536. The first-order valence-corrected chi connectivity index (χ1v) is 6.44. The van der Waals surface area contributed by atoms with E-state index in [9.17, 15) is 4.79 Å². The number of benzene rings is 1. The summed E-state index contributed by atoms with van der Waals surface area (Å²) >= 11 is 0. The van der Waals surface area contributed by atoms with Crippen LogP contribution < -0.4 is 9.47 Å². The fourth-order valence-corrected chi connectivity index (χ4v) is 1.68. The molecule has 0 unspecified atom stereocenters. The molecule has 0 radical (unpaired) electrons. The van der Waals surface area contributed by atoms with E-state index in [1.807, 2.05) is 0 Å². The van der Waals surface area contributed by atoms with Gasteiger partial charge in [-0.3, -0.25) is 4.79 Å². The van der Waals surface area contributed by atoms with E-state index in [2.05, 4.69) is 13.8 Å². The van der Waals surface area contributed by atoms with Crippen molar-refractivity contribution in [2.45, 2.75) is 20.8 Å². The van der Waals surface area contributed by atoms with Crippen molar-refractivity contribution in [2.24, 2.45) is 5.92 Å². The van der Waals surface area contributed by atoms with E-state index < -0.39 is 0 Å². The fourth-order valence-electron chi connectivity index (χ4n) is 1.68. The zero-order valence-electron chi connectivity index (χ0n) is 12.1. The molecule has 0 bridgehead atoms. The number of rotatable bonds is 8. The molecule has 0 heterocycles. The first-order chi connectivity index (χ1) is 9.06. The lowest BCUT2D eigenvalue weighted by Crippen LogP contribution is -2.12. The minimum Gasteiger partial charge on any atom is -0.496 e. The predicted molar refractivity (Wildman–Crippen MR) is 74.2 cm³/mol. The molecule has 1 aromatic rings. The van der Waals surface area contributed by atoms with Crippen LogP contribution in [0.15, 0.2) is 18.2 Å². The molecule has 0 aliphatic carbocycles. The summed E-state index contributed by atoms with van der Waals surface area (Å²) < 4.78 is 16.2. The lowest BCUT2D eigenvalue weighted by atomic mass is 10.1. The van der Waals surface area contributed by atoms with E-state index in [1.54, 1.807) is 18.2 Å². The summed E-state index contributed by atoms with van der Waals surface area (Å²) in [6.07, 6.45) is 0. The van der Waals surface area contributed by atoms with Gasteiger partial charge in [-0.05, 0) is 25.0 Å². The maximum absolute atomic E-state index is 11.6. The van der Waals surface area contributed by atoms with Gasteiger partial charge in [0, 0.05) is 6.61 Å². The van der Waals surface area contributed by atoms with Crippen molar-refractivity contribution in [3.05, 3.63) is 23.8 Å². The van der Waals surface area contributed by atoms with Crippen molar-refractivity contribution in [3.8, 4) is 11.5 Å². The molecule has 0 atom stereocenters. The van der Waals surface area contributed by atoms with Gasteiger partial charge in [0.2, 0.25) is 0 Å². The molecule has 1 aromatic carbocycles. The molecule has 0 fully saturated rings. The largest absolute Gasteiger partial charge is 0.496 e. The third kappa shape index (κ3) is 4.91. The number of hydrogen-bond donors (Lipinski definition) is 0. The SMILES string of the molecule is COc1cccc(OCCOCC(C)C)c1C(C)=O. The summed E-state index contributed by atoms with van der Waals surface area (Å²) in [6, 6.07) is 5.32. The minimum atomic E-state index is -0.0736. The number of ether oxygens (including phenoxy) is 3. The lowest BCUT2D eigenvalue weighted by Gasteiger charge is -2.13. The Morgan fingerprint density at radius 1 is 1.21 bits per heavy atom. The van der Waals surface area contributed by atoms with Gasteiger partial charge < -0.3 is 14.2 Å². The molecule has 0 aliphatic heterocycles. The molecule has 106 valence electrons. The second kappa shape index (κ2) is 7.79. The monoisotopic (exact) mass is 266 g/mol. The Morgan fingerprint density at radius 2 is 1.89 bits per heavy atom. The van der Waals surface area contributed by atoms with Crippen LogP contribution in [0.25, 0.3) is 0 Å². The molecule has 0 saturated carbocycles. The number of methoxy groups -OCH3 is 1. The molecule has 0 aromatic heterocycles. The van der Waals surface area contributed by atoms with Gasteiger partial charge in [0.25, 0.3) is 0 Å². The normalized spacial score (nSPS) is 10.6. The Morgan fingerprint density at radius 3 is 2.47 bits per heavy atom. The first kappa shape index (κ1) is 15.5. The van der Waals surface area contributed by atoms with Gasteiger partial charge in [-0.1, -0.05) is 19.9 Å². The maximum atomic E-state index is 11.6.